The smallest absolute Gasteiger partial charge is 0.306 e. The van der Waals surface area contributed by atoms with Crippen molar-refractivity contribution in [3.8, 4) is 0 Å². The van der Waals surface area contributed by atoms with Gasteiger partial charge in [-0.3, -0.25) is 14.4 Å². The number of hydrogen-bond acceptors (Lipinski definition) is 6. The summed E-state index contributed by atoms with van der Waals surface area (Å²) in [5.41, 5.74) is 0. The SMILES string of the molecule is CC/C=C\C/C=C\C/C=C\C/C=C\C/C=C\C/C=C\C/C=C\C/C=C\CCCCC(=O)OCC(COC(=O)CCCCCCC/C=C\C/C=C\C/C=C\CC)OC(=O)CCCCCCCCCCCCCCCCCCCC. The van der Waals surface area contributed by atoms with Crippen LogP contribution in [0.15, 0.2) is 134 Å². The molecule has 0 rings (SSSR count). The molecule has 0 aliphatic heterocycles. The Hall–Kier alpha value is -4.45. The van der Waals surface area contributed by atoms with Crippen LogP contribution in [-0.2, 0) is 28.6 Å². The molecule has 0 fully saturated rings. The van der Waals surface area contributed by atoms with Crippen molar-refractivity contribution in [3.63, 3.8) is 0 Å². The van der Waals surface area contributed by atoms with Gasteiger partial charge in [-0.25, -0.2) is 0 Å². The molecule has 6 heteroatoms. The van der Waals surface area contributed by atoms with E-state index in [-0.39, 0.29) is 31.1 Å². The fraction of sp³-hybridized carbons (Fsp3) is 0.653. The third-order valence-corrected chi connectivity index (χ3v) is 13.4. The second kappa shape index (κ2) is 65.1. The quantitative estimate of drug-likeness (QED) is 0.0261. The summed E-state index contributed by atoms with van der Waals surface area (Å²) in [6.07, 6.45) is 91.7. The minimum absolute atomic E-state index is 0.103. The number of hydrogen-bond donors (Lipinski definition) is 0. The molecule has 78 heavy (non-hydrogen) atoms. The first-order chi connectivity index (χ1) is 38.5. The van der Waals surface area contributed by atoms with E-state index in [4.69, 9.17) is 14.2 Å². The topological polar surface area (TPSA) is 78.9 Å². The van der Waals surface area contributed by atoms with Crippen molar-refractivity contribution < 1.29 is 28.6 Å². The Morgan fingerprint density at radius 1 is 0.269 bits per heavy atom. The molecule has 0 aliphatic rings. The summed E-state index contributed by atoms with van der Waals surface area (Å²) >= 11 is 0. The molecule has 1 unspecified atom stereocenters. The van der Waals surface area contributed by atoms with Crippen molar-refractivity contribution in [2.24, 2.45) is 0 Å². The molecule has 0 aromatic carbocycles. The minimum atomic E-state index is -0.808. The third-order valence-electron chi connectivity index (χ3n) is 13.4. The Morgan fingerprint density at radius 3 is 0.808 bits per heavy atom. The predicted molar refractivity (Wildman–Crippen MR) is 339 cm³/mol. The molecule has 0 amide bonds. The van der Waals surface area contributed by atoms with E-state index in [1.807, 2.05) is 0 Å². The molecule has 1 atom stereocenters. The summed E-state index contributed by atoms with van der Waals surface area (Å²) < 4.78 is 16.9. The zero-order chi connectivity index (χ0) is 56.4. The maximum atomic E-state index is 12.9. The van der Waals surface area contributed by atoms with Gasteiger partial charge in [-0.2, -0.15) is 0 Å². The summed E-state index contributed by atoms with van der Waals surface area (Å²) in [7, 11) is 0. The van der Waals surface area contributed by atoms with Crippen LogP contribution in [-0.4, -0.2) is 37.2 Å². The number of carbonyl (C=O) groups is 3. The highest BCUT2D eigenvalue weighted by molar-refractivity contribution is 5.71. The van der Waals surface area contributed by atoms with E-state index in [1.54, 1.807) is 0 Å². The number of rotatable bonds is 57. The van der Waals surface area contributed by atoms with Crippen LogP contribution in [0.3, 0.4) is 0 Å². The predicted octanol–water partition coefficient (Wildman–Crippen LogP) is 22.2. The highest BCUT2D eigenvalue weighted by Gasteiger charge is 2.19. The fourth-order valence-corrected chi connectivity index (χ4v) is 8.65. The Labute approximate surface area is 481 Å². The van der Waals surface area contributed by atoms with E-state index in [0.717, 1.165) is 141 Å². The van der Waals surface area contributed by atoms with Crippen molar-refractivity contribution in [1.82, 2.24) is 0 Å². The van der Waals surface area contributed by atoms with Gasteiger partial charge in [0.15, 0.2) is 6.10 Å². The summed E-state index contributed by atoms with van der Waals surface area (Å²) in [5.74, 6) is -0.958. The number of allylic oxidation sites excluding steroid dienone is 22. The number of carbonyl (C=O) groups excluding carboxylic acids is 3. The molecule has 0 spiro atoms. The average Bonchev–Trinajstić information content (AvgIpc) is 3.44. The zero-order valence-electron chi connectivity index (χ0n) is 50.6. The maximum Gasteiger partial charge on any atom is 0.306 e. The zero-order valence-corrected chi connectivity index (χ0v) is 50.6. The standard InChI is InChI=1S/C72H118O6/c1-4-7-10-13-16-19-22-25-28-30-32-33-34-35-36-37-38-39-40-42-44-47-50-53-56-59-62-65-71(74)77-68-69(67-76-70(73)64-61-58-55-52-49-46-43-27-24-21-18-15-12-9-6-3)78-72(75)66-63-60-57-54-51-48-45-41-31-29-26-23-20-17-14-11-8-5-2/h7,9-10,12,16,18-19,21,25,27-28,32-33,35-36,38-39,42-44,50,53,69H,4-6,8,11,13-15,17,20,22-24,26,29-31,34,37,40-41,45-49,51-52,54-68H2,1-3H3/b10-7-,12-9-,19-16-,21-18-,28-25-,33-32-,36-35-,39-38-,43-27-,44-42-,53-50-. The second-order valence-electron chi connectivity index (χ2n) is 20.9. The van der Waals surface area contributed by atoms with Gasteiger partial charge in [-0.05, 0) is 116 Å². The maximum absolute atomic E-state index is 12.9. The lowest BCUT2D eigenvalue weighted by Crippen LogP contribution is -2.30. The molecule has 0 aromatic rings. The molecule has 0 saturated heterocycles. The average molecular weight is 1080 g/mol. The van der Waals surface area contributed by atoms with Crippen LogP contribution < -0.4 is 0 Å². The Bertz CT molecular complexity index is 1670. The highest BCUT2D eigenvalue weighted by atomic mass is 16.6. The number of unbranched alkanes of at least 4 members (excludes halogenated alkanes) is 24. The van der Waals surface area contributed by atoms with E-state index in [9.17, 15) is 14.4 Å². The molecule has 0 aromatic heterocycles. The van der Waals surface area contributed by atoms with Crippen LogP contribution in [0.5, 0.6) is 0 Å². The first kappa shape index (κ1) is 73.5. The number of esters is 3. The molecule has 0 radical (unpaired) electrons. The van der Waals surface area contributed by atoms with Crippen molar-refractivity contribution in [1.29, 1.82) is 0 Å². The first-order valence-electron chi connectivity index (χ1n) is 32.2. The van der Waals surface area contributed by atoms with E-state index < -0.39 is 6.10 Å². The van der Waals surface area contributed by atoms with Gasteiger partial charge >= 0.3 is 17.9 Å². The fourth-order valence-electron chi connectivity index (χ4n) is 8.65. The molecule has 0 heterocycles. The molecule has 0 aliphatic carbocycles. The normalized spacial score (nSPS) is 13.0. The Morgan fingerprint density at radius 2 is 0.500 bits per heavy atom. The first-order valence-corrected chi connectivity index (χ1v) is 32.2. The van der Waals surface area contributed by atoms with Gasteiger partial charge in [0.25, 0.3) is 0 Å². The van der Waals surface area contributed by atoms with Crippen LogP contribution in [0.1, 0.15) is 284 Å². The summed E-state index contributed by atoms with van der Waals surface area (Å²) in [6, 6.07) is 0. The van der Waals surface area contributed by atoms with Crippen LogP contribution in [0, 0.1) is 0 Å². The van der Waals surface area contributed by atoms with Gasteiger partial charge in [0.2, 0.25) is 0 Å². The number of ether oxygens (including phenoxy) is 3. The largest absolute Gasteiger partial charge is 0.462 e. The lowest BCUT2D eigenvalue weighted by atomic mass is 10.0. The Balaban J connectivity index is 4.46. The van der Waals surface area contributed by atoms with Gasteiger partial charge in [0.1, 0.15) is 13.2 Å². The molecule has 0 saturated carbocycles. The molecule has 0 bridgehead atoms. The van der Waals surface area contributed by atoms with E-state index in [0.29, 0.717) is 25.7 Å². The van der Waals surface area contributed by atoms with E-state index >= 15 is 0 Å². The van der Waals surface area contributed by atoms with Crippen molar-refractivity contribution >= 4 is 17.9 Å². The van der Waals surface area contributed by atoms with E-state index in [2.05, 4.69) is 154 Å². The van der Waals surface area contributed by atoms with Crippen molar-refractivity contribution in [3.05, 3.63) is 134 Å². The van der Waals surface area contributed by atoms with Gasteiger partial charge in [0, 0.05) is 19.3 Å². The second-order valence-corrected chi connectivity index (χ2v) is 20.9. The van der Waals surface area contributed by atoms with Crippen LogP contribution >= 0.6 is 0 Å². The molecular formula is C72H118O6. The van der Waals surface area contributed by atoms with Crippen LogP contribution in [0.2, 0.25) is 0 Å². The summed E-state index contributed by atoms with van der Waals surface area (Å²) in [6.45, 7) is 6.38. The highest BCUT2D eigenvalue weighted by Crippen LogP contribution is 2.16. The monoisotopic (exact) mass is 1080 g/mol. The van der Waals surface area contributed by atoms with Crippen LogP contribution in [0.4, 0.5) is 0 Å². The molecule has 442 valence electrons. The van der Waals surface area contributed by atoms with Gasteiger partial charge < -0.3 is 14.2 Å². The minimum Gasteiger partial charge on any atom is -0.462 e. The molecule has 0 N–H and O–H groups in total. The van der Waals surface area contributed by atoms with Gasteiger partial charge in [0.05, 0.1) is 0 Å². The van der Waals surface area contributed by atoms with Crippen LogP contribution in [0.25, 0.3) is 0 Å². The van der Waals surface area contributed by atoms with E-state index in [1.165, 1.54) is 96.3 Å². The third kappa shape index (κ3) is 62.4. The lowest BCUT2D eigenvalue weighted by Gasteiger charge is -2.18. The summed E-state index contributed by atoms with van der Waals surface area (Å²) in [5, 5.41) is 0. The lowest BCUT2D eigenvalue weighted by molar-refractivity contribution is -0.167. The van der Waals surface area contributed by atoms with Crippen molar-refractivity contribution in [2.45, 2.75) is 290 Å². The van der Waals surface area contributed by atoms with Gasteiger partial charge in [-0.15, -0.1) is 0 Å². The van der Waals surface area contributed by atoms with Gasteiger partial charge in [-0.1, -0.05) is 283 Å². The molecular weight excluding hydrogens is 961 g/mol. The Kier molecular flexibility index (Phi) is 61.4. The summed E-state index contributed by atoms with van der Waals surface area (Å²) in [4.78, 5) is 38.3. The van der Waals surface area contributed by atoms with Crippen molar-refractivity contribution in [2.75, 3.05) is 13.2 Å². The molecule has 6 nitrogen and oxygen atoms in total.